The lowest BCUT2D eigenvalue weighted by Gasteiger charge is -2.19. The second-order valence-corrected chi connectivity index (χ2v) is 10.9. The molecule has 0 amide bonds. The molecule has 9 nitrogen and oxygen atoms in total. The first kappa shape index (κ1) is 26.1. The monoisotopic (exact) mass is 558 g/mol. The first-order valence-corrected chi connectivity index (χ1v) is 12.9. The Balaban J connectivity index is 1.72. The van der Waals surface area contributed by atoms with Gasteiger partial charge in [-0.25, -0.2) is 35.7 Å². The Morgan fingerprint density at radius 1 is 1.21 bits per heavy atom. The molecule has 15 heteroatoms. The summed E-state index contributed by atoms with van der Waals surface area (Å²) >= 11 is 0. The van der Waals surface area contributed by atoms with Gasteiger partial charge in [-0.2, -0.15) is 8.78 Å². The number of sulfonamides is 1. The van der Waals surface area contributed by atoms with Crippen LogP contribution in [0, 0.1) is 17.5 Å². The van der Waals surface area contributed by atoms with E-state index in [9.17, 15) is 31.5 Å². The van der Waals surface area contributed by atoms with Gasteiger partial charge in [-0.05, 0) is 31.5 Å². The zero-order chi connectivity index (χ0) is 27.7. The number of halogens is 5. The van der Waals surface area contributed by atoms with Crippen molar-refractivity contribution >= 4 is 21.0 Å². The summed E-state index contributed by atoms with van der Waals surface area (Å²) in [6, 6.07) is 1.43. The van der Waals surface area contributed by atoms with Gasteiger partial charge in [0.1, 0.15) is 29.2 Å². The van der Waals surface area contributed by atoms with E-state index in [0.717, 1.165) is 6.20 Å². The van der Waals surface area contributed by atoms with Crippen molar-refractivity contribution in [3.63, 3.8) is 0 Å². The summed E-state index contributed by atoms with van der Waals surface area (Å²) in [6.07, 6.45) is -0.398. The van der Waals surface area contributed by atoms with E-state index in [4.69, 9.17) is 4.52 Å². The molecular formula is C23H19F5N4O5S. The van der Waals surface area contributed by atoms with Gasteiger partial charge in [0, 0.05) is 23.9 Å². The Morgan fingerprint density at radius 2 is 1.87 bits per heavy atom. The molecule has 0 saturated heterocycles. The zero-order valence-electron chi connectivity index (χ0n) is 19.7. The molecule has 3 heterocycles. The lowest BCUT2D eigenvalue weighted by Crippen LogP contribution is -2.45. The fourth-order valence-corrected chi connectivity index (χ4v) is 5.26. The molecule has 38 heavy (non-hydrogen) atoms. The maximum absolute atomic E-state index is 15.1. The zero-order valence-corrected chi connectivity index (χ0v) is 20.5. The Hall–Kier alpha value is -3.56. The Bertz CT molecular complexity index is 1740. The molecule has 0 aliphatic carbocycles. The van der Waals surface area contributed by atoms with Crippen molar-refractivity contribution in [2.45, 2.75) is 38.5 Å². The maximum atomic E-state index is 15.1. The number of nitrogens with one attached hydrogen (secondary N) is 1. The predicted molar refractivity (Wildman–Crippen MR) is 124 cm³/mol. The first-order chi connectivity index (χ1) is 17.7. The SMILES string of the molecule is CCS(=O)(=O)N[C@@H]1Cn2c(cn(-c3noc4cc([C@@H](C)O)cc(-c5c(F)cc(F)cc5F)c34)c2=O)C1(F)F. The standard InChI is InChI=1S/C23H19F5N4O5S/c1-3-38(35,36)30-17-8-31-18(23(17,27)28)9-32(22(31)34)21-20-13(19-14(25)6-12(24)7-15(19)26)4-11(10(2)33)5-16(20)37-29-21/h4-7,9-10,17,30,33H,3,8H2,1-2H3/t10-,17-/m1/s1. The largest absolute Gasteiger partial charge is 0.389 e. The summed E-state index contributed by atoms with van der Waals surface area (Å²) in [5, 5.41) is 13.7. The summed E-state index contributed by atoms with van der Waals surface area (Å²) in [5.74, 6) is -8.43. The Labute approximate surface area is 211 Å². The molecule has 4 aromatic rings. The summed E-state index contributed by atoms with van der Waals surface area (Å²) in [6.45, 7) is 1.95. The topological polar surface area (TPSA) is 119 Å². The molecule has 0 bridgehead atoms. The first-order valence-electron chi connectivity index (χ1n) is 11.2. The lowest BCUT2D eigenvalue weighted by atomic mass is 9.96. The minimum Gasteiger partial charge on any atom is -0.389 e. The van der Waals surface area contributed by atoms with Crippen LogP contribution in [0.2, 0.25) is 0 Å². The highest BCUT2D eigenvalue weighted by Crippen LogP contribution is 2.41. The van der Waals surface area contributed by atoms with Gasteiger partial charge >= 0.3 is 11.6 Å². The van der Waals surface area contributed by atoms with Crippen LogP contribution in [0.1, 0.15) is 31.2 Å². The molecule has 202 valence electrons. The fraction of sp³-hybridized carbons (Fsp3) is 0.304. The number of aliphatic hydroxyl groups is 1. The summed E-state index contributed by atoms with van der Waals surface area (Å²) < 4.78 is 106. The van der Waals surface area contributed by atoms with E-state index in [-0.39, 0.29) is 22.1 Å². The van der Waals surface area contributed by atoms with Crippen LogP contribution >= 0.6 is 0 Å². The lowest BCUT2D eigenvalue weighted by molar-refractivity contribution is -0.0248. The molecule has 2 aromatic carbocycles. The second kappa shape index (κ2) is 8.74. The van der Waals surface area contributed by atoms with Crippen molar-refractivity contribution < 1.29 is 40.0 Å². The summed E-state index contributed by atoms with van der Waals surface area (Å²) in [4.78, 5) is 13.2. The van der Waals surface area contributed by atoms with Gasteiger partial charge in [0.05, 0.1) is 29.4 Å². The van der Waals surface area contributed by atoms with Crippen molar-refractivity contribution in [2.75, 3.05) is 5.75 Å². The average molecular weight is 558 g/mol. The Kier molecular flexibility index (Phi) is 6.00. The molecule has 1 aliphatic rings. The number of rotatable bonds is 6. The van der Waals surface area contributed by atoms with Gasteiger partial charge in [0.25, 0.3) is 0 Å². The normalized spacial score (nSPS) is 17.7. The third kappa shape index (κ3) is 4.01. The molecule has 0 spiro atoms. The predicted octanol–water partition coefficient (Wildman–Crippen LogP) is 3.33. The van der Waals surface area contributed by atoms with Crippen molar-refractivity contribution in [1.29, 1.82) is 0 Å². The van der Waals surface area contributed by atoms with Gasteiger partial charge in [-0.15, -0.1) is 0 Å². The molecule has 0 saturated carbocycles. The van der Waals surface area contributed by atoms with Crippen LogP contribution < -0.4 is 10.4 Å². The van der Waals surface area contributed by atoms with Crippen molar-refractivity contribution in [2.24, 2.45) is 0 Å². The highest BCUT2D eigenvalue weighted by Gasteiger charge is 2.52. The third-order valence-corrected chi connectivity index (χ3v) is 7.79. The number of nitrogens with zero attached hydrogens (tertiary/aromatic N) is 3. The molecule has 2 aromatic heterocycles. The van der Waals surface area contributed by atoms with Crippen molar-refractivity contribution in [1.82, 2.24) is 19.0 Å². The molecule has 0 radical (unpaired) electrons. The quantitative estimate of drug-likeness (QED) is 0.351. The minimum atomic E-state index is -4.02. The molecular weight excluding hydrogens is 539 g/mol. The number of hydrogen-bond donors (Lipinski definition) is 2. The van der Waals surface area contributed by atoms with E-state index >= 15 is 8.78 Å². The highest BCUT2D eigenvalue weighted by molar-refractivity contribution is 7.89. The number of aromatic nitrogens is 3. The van der Waals surface area contributed by atoms with Gasteiger partial charge in [-0.1, -0.05) is 5.16 Å². The minimum absolute atomic E-state index is 0.141. The van der Waals surface area contributed by atoms with Crippen molar-refractivity contribution in [3.8, 4) is 16.9 Å². The van der Waals surface area contributed by atoms with E-state index in [1.54, 1.807) is 0 Å². The van der Waals surface area contributed by atoms with Gasteiger partial charge in [0.15, 0.2) is 11.4 Å². The van der Waals surface area contributed by atoms with Gasteiger partial charge < -0.3 is 9.63 Å². The highest BCUT2D eigenvalue weighted by atomic mass is 32.2. The van der Waals surface area contributed by atoms with Crippen LogP contribution in [-0.4, -0.2) is 39.6 Å². The van der Waals surface area contributed by atoms with E-state index in [2.05, 4.69) is 5.16 Å². The number of benzene rings is 2. The number of fused-ring (bicyclic) bond motifs is 2. The molecule has 0 unspecified atom stereocenters. The number of aliphatic hydroxyl groups excluding tert-OH is 1. The van der Waals surface area contributed by atoms with Crippen LogP contribution in [0.25, 0.3) is 27.9 Å². The van der Waals surface area contributed by atoms with Crippen LogP contribution in [0.15, 0.2) is 39.8 Å². The number of alkyl halides is 2. The molecule has 2 atom stereocenters. The van der Waals surface area contributed by atoms with Crippen molar-refractivity contribution in [3.05, 3.63) is 69.7 Å². The summed E-state index contributed by atoms with van der Waals surface area (Å²) in [5.41, 5.74) is -2.86. The summed E-state index contributed by atoms with van der Waals surface area (Å²) in [7, 11) is -4.02. The van der Waals surface area contributed by atoms with E-state index < -0.39 is 80.6 Å². The maximum Gasteiger partial charge on any atom is 0.334 e. The smallest absolute Gasteiger partial charge is 0.334 e. The molecule has 2 N–H and O–H groups in total. The fourth-order valence-electron chi connectivity index (χ4n) is 4.44. The van der Waals surface area contributed by atoms with E-state index in [1.165, 1.54) is 26.0 Å². The third-order valence-electron chi connectivity index (χ3n) is 6.39. The van der Waals surface area contributed by atoms with Crippen LogP contribution in [0.4, 0.5) is 22.0 Å². The molecule has 0 fully saturated rings. The van der Waals surface area contributed by atoms with Crippen LogP contribution in [-0.2, 0) is 22.5 Å². The van der Waals surface area contributed by atoms with E-state index in [0.29, 0.717) is 21.3 Å². The molecule has 1 aliphatic heterocycles. The van der Waals surface area contributed by atoms with Crippen LogP contribution in [0.3, 0.4) is 0 Å². The average Bonchev–Trinajstić information content (AvgIpc) is 3.45. The van der Waals surface area contributed by atoms with Crippen LogP contribution in [0.5, 0.6) is 0 Å². The van der Waals surface area contributed by atoms with E-state index in [1.807, 2.05) is 4.72 Å². The van der Waals surface area contributed by atoms with Gasteiger partial charge in [0.2, 0.25) is 10.0 Å². The second-order valence-electron chi connectivity index (χ2n) is 8.84. The molecule has 5 rings (SSSR count). The Morgan fingerprint density at radius 3 is 2.45 bits per heavy atom. The number of imidazole rings is 1. The van der Waals surface area contributed by atoms with Gasteiger partial charge in [-0.3, -0.25) is 4.57 Å². The number of hydrogen-bond acceptors (Lipinski definition) is 6.